The van der Waals surface area contributed by atoms with E-state index in [0.29, 0.717) is 17.2 Å². The van der Waals surface area contributed by atoms with Gasteiger partial charge in [-0.15, -0.1) is 0 Å². The maximum absolute atomic E-state index is 14.0. The van der Waals surface area contributed by atoms with Crippen LogP contribution in [0.25, 0.3) is 11.3 Å². The number of nitrogens with zero attached hydrogens (tertiary/aromatic N) is 2. The van der Waals surface area contributed by atoms with Crippen molar-refractivity contribution in [1.82, 2.24) is 9.97 Å². The summed E-state index contributed by atoms with van der Waals surface area (Å²) in [4.78, 5) is 6.82. The largest absolute Gasteiger partial charge is 0.433 e. The van der Waals surface area contributed by atoms with Gasteiger partial charge in [0, 0.05) is 5.56 Å². The van der Waals surface area contributed by atoms with Crippen molar-refractivity contribution in [2.24, 2.45) is 0 Å². The third-order valence-corrected chi connectivity index (χ3v) is 2.72. The highest BCUT2D eigenvalue weighted by Gasteiger charge is 2.34. The number of hydrogen-bond donors (Lipinski definition) is 1. The molecular formula is C13H11F4N3. The van der Waals surface area contributed by atoms with Gasteiger partial charge in [0.15, 0.2) is 5.69 Å². The summed E-state index contributed by atoms with van der Waals surface area (Å²) in [6.45, 7) is 3.28. The van der Waals surface area contributed by atoms with Crippen molar-refractivity contribution in [3.63, 3.8) is 0 Å². The molecule has 0 bridgehead atoms. The van der Waals surface area contributed by atoms with Crippen LogP contribution < -0.4 is 5.73 Å². The number of anilines is 1. The molecule has 2 N–H and O–H groups in total. The summed E-state index contributed by atoms with van der Waals surface area (Å²) >= 11 is 0. The van der Waals surface area contributed by atoms with Crippen LogP contribution in [0.15, 0.2) is 18.2 Å². The Balaban J connectivity index is 2.68. The van der Waals surface area contributed by atoms with Gasteiger partial charge in [-0.2, -0.15) is 13.2 Å². The molecule has 0 spiro atoms. The second kappa shape index (κ2) is 4.73. The number of alkyl halides is 3. The van der Waals surface area contributed by atoms with Gasteiger partial charge in [-0.3, -0.25) is 0 Å². The third kappa shape index (κ3) is 2.71. The lowest BCUT2D eigenvalue weighted by atomic mass is 10.0. The highest BCUT2D eigenvalue weighted by Crippen LogP contribution is 2.32. The minimum Gasteiger partial charge on any atom is -0.368 e. The first-order chi connectivity index (χ1) is 9.18. The fraction of sp³-hybridized carbons (Fsp3) is 0.231. The SMILES string of the molecule is Cc1cc(C)c(-c2cc(C(F)(F)F)nc(N)n2)c(F)c1. The molecule has 2 aromatic rings. The first-order valence-electron chi connectivity index (χ1n) is 5.67. The van der Waals surface area contributed by atoms with Crippen LogP contribution in [0.1, 0.15) is 16.8 Å². The first-order valence-corrected chi connectivity index (χ1v) is 5.67. The number of aryl methyl sites for hydroxylation is 2. The van der Waals surface area contributed by atoms with E-state index in [1.165, 1.54) is 6.07 Å². The van der Waals surface area contributed by atoms with Crippen molar-refractivity contribution in [1.29, 1.82) is 0 Å². The van der Waals surface area contributed by atoms with Crippen LogP contribution in [0.3, 0.4) is 0 Å². The van der Waals surface area contributed by atoms with E-state index in [2.05, 4.69) is 9.97 Å². The Kier molecular flexibility index (Phi) is 3.37. The number of rotatable bonds is 1. The summed E-state index contributed by atoms with van der Waals surface area (Å²) in [7, 11) is 0. The summed E-state index contributed by atoms with van der Waals surface area (Å²) in [5, 5.41) is 0. The predicted molar refractivity (Wildman–Crippen MR) is 66.3 cm³/mol. The number of halogens is 4. The monoisotopic (exact) mass is 285 g/mol. The van der Waals surface area contributed by atoms with Crippen molar-refractivity contribution >= 4 is 5.95 Å². The van der Waals surface area contributed by atoms with Gasteiger partial charge in [0.25, 0.3) is 0 Å². The zero-order chi connectivity index (χ0) is 15.1. The summed E-state index contributed by atoms with van der Waals surface area (Å²) in [6, 6.07) is 3.58. The Bertz CT molecular complexity index is 642. The molecule has 0 radical (unpaired) electrons. The lowest BCUT2D eigenvalue weighted by Crippen LogP contribution is -2.11. The molecule has 0 aliphatic carbocycles. The number of nitrogen functional groups attached to an aromatic ring is 1. The average Bonchev–Trinajstić information content (AvgIpc) is 2.25. The molecule has 0 fully saturated rings. The number of benzene rings is 1. The zero-order valence-corrected chi connectivity index (χ0v) is 10.7. The van der Waals surface area contributed by atoms with Gasteiger partial charge in [-0.25, -0.2) is 14.4 Å². The average molecular weight is 285 g/mol. The number of aromatic nitrogens is 2. The molecular weight excluding hydrogens is 274 g/mol. The predicted octanol–water partition coefficient (Wildman–Crippen LogP) is 3.50. The Morgan fingerprint density at radius 3 is 2.25 bits per heavy atom. The maximum Gasteiger partial charge on any atom is 0.433 e. The number of nitrogens with two attached hydrogens (primary N) is 1. The van der Waals surface area contributed by atoms with Gasteiger partial charge in [-0.1, -0.05) is 6.07 Å². The van der Waals surface area contributed by atoms with Crippen LogP contribution >= 0.6 is 0 Å². The minimum atomic E-state index is -4.67. The van der Waals surface area contributed by atoms with Crippen molar-refractivity contribution in [3.05, 3.63) is 40.8 Å². The lowest BCUT2D eigenvalue weighted by Gasteiger charge is -2.11. The molecule has 3 nitrogen and oxygen atoms in total. The van der Waals surface area contributed by atoms with E-state index in [-0.39, 0.29) is 11.3 Å². The van der Waals surface area contributed by atoms with Crippen LogP contribution in [-0.4, -0.2) is 9.97 Å². The second-order valence-electron chi connectivity index (χ2n) is 4.43. The molecule has 0 aliphatic rings. The molecule has 20 heavy (non-hydrogen) atoms. The van der Waals surface area contributed by atoms with Gasteiger partial charge in [0.2, 0.25) is 5.95 Å². The summed E-state index contributed by atoms with van der Waals surface area (Å²) < 4.78 is 52.0. The van der Waals surface area contributed by atoms with E-state index in [9.17, 15) is 17.6 Å². The van der Waals surface area contributed by atoms with Gasteiger partial charge in [0.1, 0.15) is 5.82 Å². The molecule has 1 aromatic carbocycles. The Morgan fingerprint density at radius 2 is 1.70 bits per heavy atom. The summed E-state index contributed by atoms with van der Waals surface area (Å²) in [5.74, 6) is -1.19. The van der Waals surface area contributed by atoms with E-state index < -0.39 is 23.6 Å². The fourth-order valence-electron chi connectivity index (χ4n) is 1.98. The van der Waals surface area contributed by atoms with Gasteiger partial charge < -0.3 is 5.73 Å². The normalized spacial score (nSPS) is 11.7. The Hall–Kier alpha value is -2.18. The molecule has 1 heterocycles. The van der Waals surface area contributed by atoms with Crippen molar-refractivity contribution in [2.45, 2.75) is 20.0 Å². The standard InChI is InChI=1S/C13H11F4N3/c1-6-3-7(2)11(8(14)4-6)9-5-10(13(15,16)17)20-12(18)19-9/h3-5H,1-2H3,(H2,18,19,20). The van der Waals surface area contributed by atoms with Crippen LogP contribution in [0.5, 0.6) is 0 Å². The zero-order valence-electron chi connectivity index (χ0n) is 10.7. The second-order valence-corrected chi connectivity index (χ2v) is 4.43. The molecule has 0 saturated heterocycles. The van der Waals surface area contributed by atoms with Crippen LogP contribution in [0.2, 0.25) is 0 Å². The molecule has 106 valence electrons. The lowest BCUT2D eigenvalue weighted by molar-refractivity contribution is -0.141. The third-order valence-electron chi connectivity index (χ3n) is 2.72. The van der Waals surface area contributed by atoms with E-state index in [0.717, 1.165) is 0 Å². The smallest absolute Gasteiger partial charge is 0.368 e. The molecule has 1 aromatic heterocycles. The van der Waals surface area contributed by atoms with Crippen molar-refractivity contribution in [2.75, 3.05) is 5.73 Å². The number of hydrogen-bond acceptors (Lipinski definition) is 3. The Labute approximate surface area is 112 Å². The van der Waals surface area contributed by atoms with E-state index in [1.54, 1.807) is 19.9 Å². The minimum absolute atomic E-state index is 0.00444. The summed E-state index contributed by atoms with van der Waals surface area (Å²) in [5.41, 5.74) is 5.05. The molecule has 2 rings (SSSR count). The quantitative estimate of drug-likeness (QED) is 0.816. The molecule has 0 unspecified atom stereocenters. The highest BCUT2D eigenvalue weighted by molar-refractivity contribution is 5.66. The maximum atomic E-state index is 14.0. The summed E-state index contributed by atoms with van der Waals surface area (Å²) in [6.07, 6.45) is -4.67. The van der Waals surface area contributed by atoms with Gasteiger partial charge in [0.05, 0.1) is 5.69 Å². The van der Waals surface area contributed by atoms with E-state index >= 15 is 0 Å². The fourth-order valence-corrected chi connectivity index (χ4v) is 1.98. The topological polar surface area (TPSA) is 51.8 Å². The van der Waals surface area contributed by atoms with Crippen LogP contribution in [0.4, 0.5) is 23.5 Å². The molecule has 7 heteroatoms. The first kappa shape index (κ1) is 14.2. The molecule has 0 aliphatic heterocycles. The molecule has 0 saturated carbocycles. The molecule has 0 amide bonds. The highest BCUT2D eigenvalue weighted by atomic mass is 19.4. The van der Waals surface area contributed by atoms with E-state index in [1.807, 2.05) is 0 Å². The van der Waals surface area contributed by atoms with E-state index in [4.69, 9.17) is 5.73 Å². The van der Waals surface area contributed by atoms with Gasteiger partial charge in [-0.05, 0) is 37.1 Å². The Morgan fingerprint density at radius 1 is 1.05 bits per heavy atom. The van der Waals surface area contributed by atoms with Crippen molar-refractivity contribution < 1.29 is 17.6 Å². The van der Waals surface area contributed by atoms with Crippen LogP contribution in [-0.2, 0) is 6.18 Å². The van der Waals surface area contributed by atoms with Crippen LogP contribution in [0, 0.1) is 19.7 Å². The van der Waals surface area contributed by atoms with Gasteiger partial charge >= 0.3 is 6.18 Å². The molecule has 0 atom stereocenters. The van der Waals surface area contributed by atoms with Crippen molar-refractivity contribution in [3.8, 4) is 11.3 Å².